The molecule has 1 saturated heterocycles. The fraction of sp³-hybridized carbons (Fsp3) is 0.588. The van der Waals surface area contributed by atoms with E-state index in [1.807, 2.05) is 12.1 Å². The van der Waals surface area contributed by atoms with E-state index in [0.29, 0.717) is 12.0 Å². The van der Waals surface area contributed by atoms with Crippen molar-refractivity contribution in [3.8, 4) is 0 Å². The van der Waals surface area contributed by atoms with Gasteiger partial charge in [-0.2, -0.15) is 0 Å². The summed E-state index contributed by atoms with van der Waals surface area (Å²) in [6, 6.07) is 6.55. The first-order valence-corrected chi connectivity index (χ1v) is 8.04. The smallest absolute Gasteiger partial charge is 0.110 e. The van der Waals surface area contributed by atoms with Gasteiger partial charge in [-0.3, -0.25) is 0 Å². The topological polar surface area (TPSA) is 53.1 Å². The Morgan fingerprint density at radius 1 is 1.38 bits per heavy atom. The molecule has 0 saturated carbocycles. The largest absolute Gasteiger partial charge is 0.399 e. The fourth-order valence-corrected chi connectivity index (χ4v) is 3.43. The minimum absolute atomic E-state index is 0.462. The van der Waals surface area contributed by atoms with E-state index in [1.54, 1.807) is 0 Å². The molecule has 1 unspecified atom stereocenters. The quantitative estimate of drug-likeness (QED) is 0.875. The molecule has 0 spiro atoms. The van der Waals surface area contributed by atoms with Crippen LogP contribution in [0.1, 0.15) is 45.0 Å². The summed E-state index contributed by atoms with van der Waals surface area (Å²) >= 11 is 0. The lowest BCUT2D eigenvalue weighted by molar-refractivity contribution is 0.0515. The van der Waals surface area contributed by atoms with Crippen molar-refractivity contribution in [1.82, 2.24) is 9.55 Å². The number of rotatable bonds is 4. The number of anilines is 1. The van der Waals surface area contributed by atoms with Gasteiger partial charge in [0.05, 0.1) is 11.0 Å². The lowest BCUT2D eigenvalue weighted by Crippen LogP contribution is -2.25. The van der Waals surface area contributed by atoms with Gasteiger partial charge in [0.2, 0.25) is 0 Å². The number of fused-ring (bicyclic) bond motifs is 1. The zero-order chi connectivity index (χ0) is 14.8. The molecule has 2 aromatic rings. The molecule has 1 aromatic heterocycles. The summed E-state index contributed by atoms with van der Waals surface area (Å²) < 4.78 is 7.95. The zero-order valence-corrected chi connectivity index (χ0v) is 13.0. The molecule has 114 valence electrons. The van der Waals surface area contributed by atoms with Crippen LogP contribution in [0.2, 0.25) is 0 Å². The molecular formula is C17H25N3O. The highest BCUT2D eigenvalue weighted by atomic mass is 16.5. The van der Waals surface area contributed by atoms with E-state index in [0.717, 1.165) is 50.1 Å². The second-order valence-corrected chi connectivity index (χ2v) is 6.09. The average Bonchev–Trinajstić information content (AvgIpc) is 2.85. The zero-order valence-electron chi connectivity index (χ0n) is 13.0. The second-order valence-electron chi connectivity index (χ2n) is 6.09. The molecule has 1 atom stereocenters. The number of nitrogens with zero attached hydrogens (tertiary/aromatic N) is 2. The van der Waals surface area contributed by atoms with Gasteiger partial charge in [0.1, 0.15) is 5.82 Å². The van der Waals surface area contributed by atoms with Crippen molar-refractivity contribution >= 4 is 16.7 Å². The third-order valence-corrected chi connectivity index (χ3v) is 4.62. The van der Waals surface area contributed by atoms with E-state index in [9.17, 15) is 0 Å². The molecule has 1 aromatic carbocycles. The number of imidazole rings is 1. The van der Waals surface area contributed by atoms with Gasteiger partial charge in [0, 0.05) is 31.4 Å². The lowest BCUT2D eigenvalue weighted by atomic mass is 9.92. The Labute approximate surface area is 126 Å². The van der Waals surface area contributed by atoms with Crippen LogP contribution in [-0.4, -0.2) is 22.8 Å². The fourth-order valence-electron chi connectivity index (χ4n) is 3.43. The number of aryl methyl sites for hydroxylation is 1. The van der Waals surface area contributed by atoms with Gasteiger partial charge in [0.15, 0.2) is 0 Å². The van der Waals surface area contributed by atoms with Crippen LogP contribution in [0.3, 0.4) is 0 Å². The first kappa shape index (κ1) is 14.4. The van der Waals surface area contributed by atoms with Crippen LogP contribution in [0, 0.1) is 5.92 Å². The van der Waals surface area contributed by atoms with Gasteiger partial charge in [0.25, 0.3) is 0 Å². The number of nitrogen functional groups attached to an aromatic ring is 1. The molecule has 0 aliphatic carbocycles. The van der Waals surface area contributed by atoms with Crippen LogP contribution in [0.4, 0.5) is 5.69 Å². The summed E-state index contributed by atoms with van der Waals surface area (Å²) in [6.07, 6.45) is 4.41. The lowest BCUT2D eigenvalue weighted by Gasteiger charge is -2.30. The van der Waals surface area contributed by atoms with E-state index >= 15 is 0 Å². The van der Waals surface area contributed by atoms with Crippen molar-refractivity contribution in [1.29, 1.82) is 0 Å². The standard InChI is InChI=1S/C17H25N3O/c1-3-4-17-19-15-11-14(18)5-6-16(15)20(17)12(2)13-7-9-21-10-8-13/h5-6,11-13H,3-4,7-10,18H2,1-2H3. The van der Waals surface area contributed by atoms with Crippen LogP contribution in [0.25, 0.3) is 11.0 Å². The van der Waals surface area contributed by atoms with Gasteiger partial charge >= 0.3 is 0 Å². The Hall–Kier alpha value is -1.55. The number of hydrogen-bond donors (Lipinski definition) is 1. The normalized spacial score (nSPS) is 18.2. The molecule has 4 heteroatoms. The first-order valence-electron chi connectivity index (χ1n) is 8.04. The Morgan fingerprint density at radius 2 is 2.14 bits per heavy atom. The van der Waals surface area contributed by atoms with Crippen LogP contribution >= 0.6 is 0 Å². The Balaban J connectivity index is 2.03. The van der Waals surface area contributed by atoms with Gasteiger partial charge in [-0.1, -0.05) is 6.92 Å². The number of benzene rings is 1. The van der Waals surface area contributed by atoms with E-state index < -0.39 is 0 Å². The number of hydrogen-bond acceptors (Lipinski definition) is 3. The Morgan fingerprint density at radius 3 is 2.86 bits per heavy atom. The van der Waals surface area contributed by atoms with E-state index in [1.165, 1.54) is 11.3 Å². The van der Waals surface area contributed by atoms with Crippen molar-refractivity contribution in [2.45, 2.75) is 45.6 Å². The molecule has 1 aliphatic heterocycles. The van der Waals surface area contributed by atoms with Gasteiger partial charge in [-0.25, -0.2) is 4.98 Å². The summed E-state index contributed by atoms with van der Waals surface area (Å²) in [5.41, 5.74) is 8.94. The molecule has 3 rings (SSSR count). The van der Waals surface area contributed by atoms with Crippen molar-refractivity contribution in [3.63, 3.8) is 0 Å². The Bertz CT molecular complexity index is 614. The predicted molar refractivity (Wildman–Crippen MR) is 86.4 cm³/mol. The van der Waals surface area contributed by atoms with Crippen molar-refractivity contribution in [2.24, 2.45) is 5.92 Å². The Kier molecular flexibility index (Phi) is 4.15. The number of nitrogens with two attached hydrogens (primary N) is 1. The summed E-state index contributed by atoms with van der Waals surface area (Å²) in [7, 11) is 0. The van der Waals surface area contributed by atoms with Crippen molar-refractivity contribution in [2.75, 3.05) is 18.9 Å². The van der Waals surface area contributed by atoms with Gasteiger partial charge in [-0.15, -0.1) is 0 Å². The average molecular weight is 287 g/mol. The molecule has 0 radical (unpaired) electrons. The maximum atomic E-state index is 5.91. The maximum absolute atomic E-state index is 5.91. The first-order chi connectivity index (χ1) is 10.2. The molecule has 0 amide bonds. The monoisotopic (exact) mass is 287 g/mol. The van der Waals surface area contributed by atoms with Crippen molar-refractivity contribution < 1.29 is 4.74 Å². The minimum Gasteiger partial charge on any atom is -0.399 e. The highest BCUT2D eigenvalue weighted by Crippen LogP contribution is 2.32. The van der Waals surface area contributed by atoms with Crippen LogP contribution in [-0.2, 0) is 11.2 Å². The SMILES string of the molecule is CCCc1nc2cc(N)ccc2n1C(C)C1CCOCC1. The van der Waals surface area contributed by atoms with Gasteiger partial charge in [-0.05, 0) is 50.3 Å². The minimum atomic E-state index is 0.462. The summed E-state index contributed by atoms with van der Waals surface area (Å²) in [4.78, 5) is 4.83. The van der Waals surface area contributed by atoms with Crippen molar-refractivity contribution in [3.05, 3.63) is 24.0 Å². The van der Waals surface area contributed by atoms with Gasteiger partial charge < -0.3 is 15.0 Å². The third kappa shape index (κ3) is 2.77. The maximum Gasteiger partial charge on any atom is 0.110 e. The highest BCUT2D eigenvalue weighted by molar-refractivity contribution is 5.79. The molecular weight excluding hydrogens is 262 g/mol. The highest BCUT2D eigenvalue weighted by Gasteiger charge is 2.25. The summed E-state index contributed by atoms with van der Waals surface area (Å²) in [5.74, 6) is 1.86. The second kappa shape index (κ2) is 6.06. The molecule has 0 bridgehead atoms. The van der Waals surface area contributed by atoms with E-state index in [2.05, 4.69) is 24.5 Å². The van der Waals surface area contributed by atoms with E-state index in [-0.39, 0.29) is 0 Å². The molecule has 4 nitrogen and oxygen atoms in total. The van der Waals surface area contributed by atoms with E-state index in [4.69, 9.17) is 15.5 Å². The van der Waals surface area contributed by atoms with Crippen LogP contribution < -0.4 is 5.73 Å². The number of ether oxygens (including phenoxy) is 1. The summed E-state index contributed by atoms with van der Waals surface area (Å²) in [5, 5.41) is 0. The molecule has 1 aliphatic rings. The third-order valence-electron chi connectivity index (χ3n) is 4.62. The molecule has 2 heterocycles. The van der Waals surface area contributed by atoms with Crippen LogP contribution in [0.5, 0.6) is 0 Å². The predicted octanol–water partition coefficient (Wildman–Crippen LogP) is 3.56. The number of aromatic nitrogens is 2. The van der Waals surface area contributed by atoms with Crippen LogP contribution in [0.15, 0.2) is 18.2 Å². The molecule has 2 N–H and O–H groups in total. The summed E-state index contributed by atoms with van der Waals surface area (Å²) in [6.45, 7) is 6.30. The molecule has 21 heavy (non-hydrogen) atoms. The molecule has 1 fully saturated rings.